The van der Waals surface area contributed by atoms with Crippen LogP contribution < -0.4 is 10.2 Å². The van der Waals surface area contributed by atoms with Gasteiger partial charge in [0.25, 0.3) is 0 Å². The summed E-state index contributed by atoms with van der Waals surface area (Å²) in [5.74, 6) is 2.85. The van der Waals surface area contributed by atoms with Crippen molar-refractivity contribution in [1.29, 1.82) is 0 Å². The highest BCUT2D eigenvalue weighted by Gasteiger charge is 2.44. The van der Waals surface area contributed by atoms with Gasteiger partial charge in [0, 0.05) is 48.6 Å². The van der Waals surface area contributed by atoms with Crippen molar-refractivity contribution in [3.05, 3.63) is 35.0 Å². The number of aliphatic hydroxyl groups is 1. The Balaban J connectivity index is 1.31. The van der Waals surface area contributed by atoms with Crippen LogP contribution in [0.1, 0.15) is 62.4 Å². The minimum atomic E-state index is -1.02. The van der Waals surface area contributed by atoms with Gasteiger partial charge in [-0.15, -0.1) is 0 Å². The Morgan fingerprint density at radius 3 is 2.56 bits per heavy atom. The summed E-state index contributed by atoms with van der Waals surface area (Å²) < 4.78 is 12.8. The Morgan fingerprint density at radius 1 is 1.22 bits per heavy atom. The fourth-order valence-electron chi connectivity index (χ4n) is 6.02. The van der Waals surface area contributed by atoms with Gasteiger partial charge in [-0.1, -0.05) is 11.6 Å². The number of anilines is 2. The third-order valence-corrected chi connectivity index (χ3v) is 9.48. The molecule has 9 heteroatoms. The van der Waals surface area contributed by atoms with Gasteiger partial charge in [0.1, 0.15) is 11.6 Å². The van der Waals surface area contributed by atoms with E-state index in [4.69, 9.17) is 16.6 Å². The predicted octanol–water partition coefficient (Wildman–Crippen LogP) is 3.43. The van der Waals surface area contributed by atoms with E-state index in [2.05, 4.69) is 26.3 Å². The molecule has 6 rings (SSSR count). The third-order valence-electron chi connectivity index (χ3n) is 7.80. The number of hydrogen-bond acceptors (Lipinski definition) is 7. The molecular formula is C23H28ClN5O2S. The minimum absolute atomic E-state index is 0.101. The molecule has 2 bridgehead atoms. The molecule has 2 aromatic heterocycles. The van der Waals surface area contributed by atoms with Crippen LogP contribution in [0, 0.1) is 0 Å². The van der Waals surface area contributed by atoms with E-state index in [1.807, 2.05) is 0 Å². The van der Waals surface area contributed by atoms with Crippen molar-refractivity contribution >= 4 is 33.9 Å². The van der Waals surface area contributed by atoms with Crippen LogP contribution >= 0.6 is 11.6 Å². The maximum Gasteiger partial charge on any atom is 0.131 e. The van der Waals surface area contributed by atoms with Crippen LogP contribution in [0.5, 0.6) is 0 Å². The van der Waals surface area contributed by atoms with Crippen LogP contribution in [-0.2, 0) is 17.2 Å². The summed E-state index contributed by atoms with van der Waals surface area (Å²) in [7, 11) is -1.02. The average Bonchev–Trinajstić information content (AvgIpc) is 3.27. The summed E-state index contributed by atoms with van der Waals surface area (Å²) in [4.78, 5) is 17.3. The number of nitrogens with one attached hydrogen (secondary N) is 1. The zero-order valence-electron chi connectivity index (χ0n) is 18.0. The molecule has 32 heavy (non-hydrogen) atoms. The number of pyridine rings is 1. The summed E-state index contributed by atoms with van der Waals surface area (Å²) in [5.41, 5.74) is 1.59. The van der Waals surface area contributed by atoms with Crippen LogP contribution in [0.3, 0.4) is 0 Å². The summed E-state index contributed by atoms with van der Waals surface area (Å²) in [5, 5.41) is 14.2. The van der Waals surface area contributed by atoms with Gasteiger partial charge in [0.15, 0.2) is 0 Å². The first-order chi connectivity index (χ1) is 15.5. The molecule has 0 spiro atoms. The Kier molecular flexibility index (Phi) is 5.15. The van der Waals surface area contributed by atoms with Crippen molar-refractivity contribution in [1.82, 2.24) is 15.0 Å². The quantitative estimate of drug-likeness (QED) is 0.687. The molecule has 3 fully saturated rings. The lowest BCUT2D eigenvalue weighted by Gasteiger charge is -2.43. The Bertz CT molecular complexity index is 1040. The molecule has 4 aliphatic rings. The van der Waals surface area contributed by atoms with Crippen LogP contribution in [0.25, 0.3) is 0 Å². The molecule has 0 aromatic carbocycles. The molecule has 2 unspecified atom stereocenters. The van der Waals surface area contributed by atoms with Crippen molar-refractivity contribution in [2.45, 2.75) is 79.8 Å². The van der Waals surface area contributed by atoms with Gasteiger partial charge in [0.2, 0.25) is 0 Å². The lowest BCUT2D eigenvalue weighted by atomic mass is 9.77. The zero-order valence-corrected chi connectivity index (χ0v) is 19.5. The van der Waals surface area contributed by atoms with Gasteiger partial charge >= 0.3 is 0 Å². The molecule has 2 N–H and O–H groups in total. The molecule has 0 amide bonds. The zero-order chi connectivity index (χ0) is 21.9. The number of rotatable bonds is 5. The first-order valence-corrected chi connectivity index (χ1v) is 13.3. The summed E-state index contributed by atoms with van der Waals surface area (Å²) in [6.07, 6.45) is 11.4. The average molecular weight is 474 g/mol. The largest absolute Gasteiger partial charge is 0.394 e. The maximum atomic E-state index is 12.8. The second kappa shape index (κ2) is 7.92. The van der Waals surface area contributed by atoms with Gasteiger partial charge < -0.3 is 15.3 Å². The van der Waals surface area contributed by atoms with Gasteiger partial charge in [-0.05, 0) is 44.9 Å². The van der Waals surface area contributed by atoms with E-state index in [0.717, 1.165) is 79.3 Å². The van der Waals surface area contributed by atoms with Crippen molar-refractivity contribution < 1.29 is 9.32 Å². The number of nitrogens with zero attached hydrogens (tertiary/aromatic N) is 4. The second-order valence-corrected chi connectivity index (χ2v) is 11.7. The lowest BCUT2D eigenvalue weighted by Crippen LogP contribution is -2.48. The van der Waals surface area contributed by atoms with Crippen molar-refractivity contribution in [2.24, 2.45) is 0 Å². The molecular weight excluding hydrogens is 446 g/mol. The maximum absolute atomic E-state index is 12.8. The van der Waals surface area contributed by atoms with E-state index in [0.29, 0.717) is 28.8 Å². The van der Waals surface area contributed by atoms with Crippen molar-refractivity contribution in [3.8, 4) is 0 Å². The number of halogens is 1. The van der Waals surface area contributed by atoms with Crippen LogP contribution in [0.15, 0.2) is 23.4 Å². The fraction of sp³-hybridized carbons (Fsp3) is 0.609. The highest BCUT2D eigenvalue weighted by atomic mass is 35.5. The third kappa shape index (κ3) is 3.42. The highest BCUT2D eigenvalue weighted by Crippen LogP contribution is 2.46. The molecule has 2 aromatic rings. The van der Waals surface area contributed by atoms with Crippen LogP contribution in [0.2, 0.25) is 5.02 Å². The van der Waals surface area contributed by atoms with E-state index in [-0.39, 0.29) is 12.1 Å². The van der Waals surface area contributed by atoms with Crippen LogP contribution in [-0.4, -0.2) is 54.2 Å². The Labute approximate surface area is 195 Å². The van der Waals surface area contributed by atoms with Crippen molar-refractivity contribution in [3.63, 3.8) is 0 Å². The standard InChI is InChI=1S/C23H28ClN5O2S/c24-15-11-25-22(26-12-15)14-8-16-2-3-17(9-14)29(16)20-10-19(28-23(13-30)5-1-6-23)21-18(27-20)4-7-32(21)31/h10-12,14,16-17,30H,1-9,13H2,(H,27,28)/t14?,16?,17?,32-/m1/s1. The smallest absolute Gasteiger partial charge is 0.131 e. The number of aromatic nitrogens is 3. The summed E-state index contributed by atoms with van der Waals surface area (Å²) >= 11 is 5.98. The van der Waals surface area contributed by atoms with E-state index < -0.39 is 10.8 Å². The van der Waals surface area contributed by atoms with Crippen LogP contribution in [0.4, 0.5) is 11.5 Å². The van der Waals surface area contributed by atoms with E-state index in [1.165, 1.54) is 0 Å². The fourth-order valence-corrected chi connectivity index (χ4v) is 7.46. The first-order valence-electron chi connectivity index (χ1n) is 11.6. The Morgan fingerprint density at radius 2 is 1.94 bits per heavy atom. The van der Waals surface area contributed by atoms with E-state index in [1.54, 1.807) is 12.4 Å². The molecule has 0 radical (unpaired) electrons. The lowest BCUT2D eigenvalue weighted by molar-refractivity contribution is 0.144. The molecule has 2 saturated heterocycles. The molecule has 5 heterocycles. The predicted molar refractivity (Wildman–Crippen MR) is 125 cm³/mol. The second-order valence-electron chi connectivity index (χ2n) is 9.74. The normalized spacial score (nSPS) is 30.1. The van der Waals surface area contributed by atoms with Gasteiger partial charge in [-0.3, -0.25) is 4.21 Å². The molecule has 3 atom stereocenters. The number of aryl methyl sites for hydroxylation is 1. The van der Waals surface area contributed by atoms with E-state index >= 15 is 0 Å². The Hall–Kier alpha value is -1.77. The SMILES string of the molecule is O=[S@@]1CCc2nc(N3C4CCC3CC(c3ncc(Cl)cn3)C4)cc(NC3(CO)CCC3)c21. The van der Waals surface area contributed by atoms with E-state index in [9.17, 15) is 9.32 Å². The monoisotopic (exact) mass is 473 g/mol. The van der Waals surface area contributed by atoms with Gasteiger partial charge in [-0.25, -0.2) is 15.0 Å². The summed E-state index contributed by atoms with van der Waals surface area (Å²) in [6.45, 7) is 0.101. The molecule has 7 nitrogen and oxygen atoms in total. The number of aliphatic hydroxyl groups excluding tert-OH is 1. The number of hydrogen-bond donors (Lipinski definition) is 2. The minimum Gasteiger partial charge on any atom is -0.394 e. The number of piperidine rings is 1. The molecule has 170 valence electrons. The summed E-state index contributed by atoms with van der Waals surface area (Å²) in [6, 6.07) is 2.90. The topological polar surface area (TPSA) is 91.2 Å². The molecule has 1 aliphatic carbocycles. The molecule has 3 aliphatic heterocycles. The highest BCUT2D eigenvalue weighted by molar-refractivity contribution is 7.85. The van der Waals surface area contributed by atoms with Crippen molar-refractivity contribution in [2.75, 3.05) is 22.6 Å². The first kappa shape index (κ1) is 20.8. The van der Waals surface area contributed by atoms with Gasteiger partial charge in [0.05, 0.1) is 44.2 Å². The molecule has 1 saturated carbocycles. The van der Waals surface area contributed by atoms with Gasteiger partial charge in [-0.2, -0.15) is 0 Å². The number of fused-ring (bicyclic) bond motifs is 3.